The number of carbonyl (C=O) groups is 2. The standard InChI is InChI=1S/C23H25F5N2O4/c1-22(2,3)34-21(32)29-9-5-6-13-10-14(24)7-8-18(13)30-19-12-16(23(26,27)28)17(25)11-15(19)20(31)33-4/h7-8,10-12,30H,5-6,9H2,1-4H3,(H,29,32). The quantitative estimate of drug-likeness (QED) is 0.285. The second kappa shape index (κ2) is 10.7. The van der Waals surface area contributed by atoms with Gasteiger partial charge in [-0.05, 0) is 69.5 Å². The zero-order valence-electron chi connectivity index (χ0n) is 19.0. The number of benzene rings is 2. The van der Waals surface area contributed by atoms with Crippen molar-refractivity contribution in [1.29, 1.82) is 0 Å². The van der Waals surface area contributed by atoms with Crippen LogP contribution in [0.4, 0.5) is 38.1 Å². The van der Waals surface area contributed by atoms with E-state index < -0.39 is 46.6 Å². The van der Waals surface area contributed by atoms with E-state index in [4.69, 9.17) is 4.74 Å². The number of aryl methyl sites for hydroxylation is 1. The molecule has 0 aromatic heterocycles. The molecule has 6 nitrogen and oxygen atoms in total. The molecule has 2 N–H and O–H groups in total. The largest absolute Gasteiger partial charge is 0.465 e. The van der Waals surface area contributed by atoms with Crippen molar-refractivity contribution in [1.82, 2.24) is 5.32 Å². The van der Waals surface area contributed by atoms with Gasteiger partial charge in [-0.25, -0.2) is 18.4 Å². The summed E-state index contributed by atoms with van der Waals surface area (Å²) in [4.78, 5) is 23.8. The predicted molar refractivity (Wildman–Crippen MR) is 115 cm³/mol. The Hall–Kier alpha value is -3.37. The molecule has 1 amide bonds. The smallest absolute Gasteiger partial charge is 0.419 e. The van der Waals surface area contributed by atoms with Gasteiger partial charge in [0.2, 0.25) is 0 Å². The molecule has 0 aliphatic rings. The molecule has 2 rings (SSSR count). The first-order valence-corrected chi connectivity index (χ1v) is 10.2. The van der Waals surface area contributed by atoms with Crippen molar-refractivity contribution in [3.8, 4) is 0 Å². The zero-order valence-corrected chi connectivity index (χ0v) is 19.0. The van der Waals surface area contributed by atoms with Crippen molar-refractivity contribution in [3.05, 3.63) is 58.7 Å². The number of esters is 1. The maximum absolute atomic E-state index is 14.0. The number of anilines is 2. The number of hydrogen-bond acceptors (Lipinski definition) is 5. The third kappa shape index (κ3) is 7.60. The van der Waals surface area contributed by atoms with Gasteiger partial charge in [-0.15, -0.1) is 0 Å². The van der Waals surface area contributed by atoms with Gasteiger partial charge >= 0.3 is 18.2 Å². The van der Waals surface area contributed by atoms with Crippen LogP contribution < -0.4 is 10.6 Å². The predicted octanol–water partition coefficient (Wildman–Crippen LogP) is 5.97. The normalized spacial score (nSPS) is 11.7. The molecule has 0 saturated carbocycles. The third-order valence-electron chi connectivity index (χ3n) is 4.45. The first kappa shape index (κ1) is 26.9. The van der Waals surface area contributed by atoms with Gasteiger partial charge in [0.05, 0.1) is 23.9 Å². The highest BCUT2D eigenvalue weighted by molar-refractivity contribution is 5.97. The number of hydrogen-bond donors (Lipinski definition) is 2. The molecule has 11 heteroatoms. The van der Waals surface area contributed by atoms with E-state index in [1.54, 1.807) is 20.8 Å². The van der Waals surface area contributed by atoms with Gasteiger partial charge in [0.1, 0.15) is 17.2 Å². The van der Waals surface area contributed by atoms with Crippen LogP contribution in [0.2, 0.25) is 0 Å². The van der Waals surface area contributed by atoms with Crippen LogP contribution in [0.5, 0.6) is 0 Å². The van der Waals surface area contributed by atoms with E-state index in [-0.39, 0.29) is 24.3 Å². The van der Waals surface area contributed by atoms with Crippen LogP contribution in [0.1, 0.15) is 48.7 Å². The van der Waals surface area contributed by atoms with Crippen LogP contribution >= 0.6 is 0 Å². The molecule has 0 atom stereocenters. The molecule has 0 aliphatic heterocycles. The summed E-state index contributed by atoms with van der Waals surface area (Å²) in [6, 6.07) is 4.42. The van der Waals surface area contributed by atoms with Crippen LogP contribution in [-0.2, 0) is 22.1 Å². The molecule has 2 aromatic carbocycles. The number of halogens is 5. The highest BCUT2D eigenvalue weighted by atomic mass is 19.4. The van der Waals surface area contributed by atoms with Gasteiger partial charge in [-0.3, -0.25) is 0 Å². The summed E-state index contributed by atoms with van der Waals surface area (Å²) in [6.07, 6.45) is -5.07. The van der Waals surface area contributed by atoms with E-state index in [0.29, 0.717) is 24.1 Å². The summed E-state index contributed by atoms with van der Waals surface area (Å²) in [7, 11) is 1.00. The second-order valence-electron chi connectivity index (χ2n) is 8.33. The summed E-state index contributed by atoms with van der Waals surface area (Å²) in [6.45, 7) is 5.31. The Labute approximate surface area is 193 Å². The van der Waals surface area contributed by atoms with E-state index in [1.807, 2.05) is 0 Å². The SMILES string of the molecule is COC(=O)c1cc(F)c(C(F)(F)F)cc1Nc1ccc(F)cc1CCCNC(=O)OC(C)(C)C. The summed E-state index contributed by atoms with van der Waals surface area (Å²) >= 11 is 0. The fourth-order valence-corrected chi connectivity index (χ4v) is 2.99. The zero-order chi connectivity index (χ0) is 25.7. The minimum absolute atomic E-state index is 0.188. The van der Waals surface area contributed by atoms with Gasteiger partial charge in [-0.2, -0.15) is 13.2 Å². The molecule has 0 radical (unpaired) electrons. The Morgan fingerprint density at radius 1 is 1.00 bits per heavy atom. The maximum atomic E-state index is 14.0. The van der Waals surface area contributed by atoms with Crippen molar-refractivity contribution >= 4 is 23.4 Å². The molecule has 0 spiro atoms. The monoisotopic (exact) mass is 488 g/mol. The number of nitrogens with one attached hydrogen (secondary N) is 2. The molecule has 0 saturated heterocycles. The molecule has 34 heavy (non-hydrogen) atoms. The lowest BCUT2D eigenvalue weighted by atomic mass is 10.0. The number of rotatable bonds is 7. The van der Waals surface area contributed by atoms with Gasteiger partial charge in [-0.1, -0.05) is 0 Å². The number of alkyl halides is 3. The Morgan fingerprint density at radius 2 is 1.68 bits per heavy atom. The summed E-state index contributed by atoms with van der Waals surface area (Å²) in [5.74, 6) is -3.28. The summed E-state index contributed by atoms with van der Waals surface area (Å²) < 4.78 is 77.2. The number of alkyl carbamates (subject to hydrolysis) is 1. The molecular formula is C23H25F5N2O4. The van der Waals surface area contributed by atoms with E-state index in [2.05, 4.69) is 15.4 Å². The lowest BCUT2D eigenvalue weighted by molar-refractivity contribution is -0.139. The van der Waals surface area contributed by atoms with Crippen molar-refractivity contribution in [2.24, 2.45) is 0 Å². The van der Waals surface area contributed by atoms with Crippen LogP contribution in [0.3, 0.4) is 0 Å². The Kier molecular flexibility index (Phi) is 8.46. The number of amides is 1. The topological polar surface area (TPSA) is 76.7 Å². The maximum Gasteiger partial charge on any atom is 0.419 e. The Bertz CT molecular complexity index is 1050. The minimum atomic E-state index is -5.01. The highest BCUT2D eigenvalue weighted by Gasteiger charge is 2.35. The van der Waals surface area contributed by atoms with Gasteiger partial charge in [0, 0.05) is 12.2 Å². The molecule has 0 heterocycles. The third-order valence-corrected chi connectivity index (χ3v) is 4.45. The van der Waals surface area contributed by atoms with Crippen LogP contribution in [0.15, 0.2) is 30.3 Å². The minimum Gasteiger partial charge on any atom is -0.465 e. The lowest BCUT2D eigenvalue weighted by Crippen LogP contribution is -2.33. The van der Waals surface area contributed by atoms with E-state index in [9.17, 15) is 31.5 Å². The van der Waals surface area contributed by atoms with Crippen LogP contribution in [0, 0.1) is 11.6 Å². The summed E-state index contributed by atoms with van der Waals surface area (Å²) in [5, 5.41) is 5.21. The van der Waals surface area contributed by atoms with Crippen LogP contribution in [-0.4, -0.2) is 31.3 Å². The molecule has 0 unspecified atom stereocenters. The van der Waals surface area contributed by atoms with Crippen molar-refractivity contribution in [2.75, 3.05) is 19.0 Å². The summed E-state index contributed by atoms with van der Waals surface area (Å²) in [5.41, 5.74) is -2.52. The second-order valence-corrected chi connectivity index (χ2v) is 8.33. The Morgan fingerprint density at radius 3 is 2.26 bits per heavy atom. The van der Waals surface area contributed by atoms with Crippen LogP contribution in [0.25, 0.3) is 0 Å². The molecule has 0 fully saturated rings. The molecule has 0 bridgehead atoms. The highest BCUT2D eigenvalue weighted by Crippen LogP contribution is 2.36. The lowest BCUT2D eigenvalue weighted by Gasteiger charge is -2.20. The van der Waals surface area contributed by atoms with Gasteiger partial charge in [0.25, 0.3) is 0 Å². The average Bonchev–Trinajstić information content (AvgIpc) is 2.71. The molecular weight excluding hydrogens is 463 g/mol. The molecule has 186 valence electrons. The fourth-order valence-electron chi connectivity index (χ4n) is 2.99. The van der Waals surface area contributed by atoms with Crippen molar-refractivity contribution in [3.63, 3.8) is 0 Å². The fraction of sp³-hybridized carbons (Fsp3) is 0.391. The van der Waals surface area contributed by atoms with E-state index in [1.165, 1.54) is 12.1 Å². The van der Waals surface area contributed by atoms with Crippen molar-refractivity contribution in [2.45, 2.75) is 45.4 Å². The first-order chi connectivity index (χ1) is 15.7. The molecule has 2 aromatic rings. The number of carbonyl (C=O) groups excluding carboxylic acids is 2. The Balaban J connectivity index is 2.27. The first-order valence-electron chi connectivity index (χ1n) is 10.2. The van der Waals surface area contributed by atoms with Gasteiger partial charge in [0.15, 0.2) is 0 Å². The number of methoxy groups -OCH3 is 1. The number of ether oxygens (including phenoxy) is 2. The van der Waals surface area contributed by atoms with Gasteiger partial charge < -0.3 is 20.1 Å². The van der Waals surface area contributed by atoms with E-state index >= 15 is 0 Å². The van der Waals surface area contributed by atoms with Crippen molar-refractivity contribution < 1.29 is 41.0 Å². The van der Waals surface area contributed by atoms with E-state index in [0.717, 1.165) is 13.2 Å². The molecule has 0 aliphatic carbocycles. The average molecular weight is 488 g/mol.